The van der Waals surface area contributed by atoms with Crippen molar-refractivity contribution >= 4 is 0 Å². The van der Waals surface area contributed by atoms with Crippen molar-refractivity contribution in [1.82, 2.24) is 5.32 Å². The lowest BCUT2D eigenvalue weighted by molar-refractivity contribution is 0.173. The van der Waals surface area contributed by atoms with Gasteiger partial charge in [-0.1, -0.05) is 50.2 Å². The molecule has 0 amide bonds. The van der Waals surface area contributed by atoms with Crippen LogP contribution >= 0.6 is 0 Å². The number of rotatable bonds is 5. The SMILES string of the molecule is CC(C)c1ccc(CNCc2cccc3c2OCO3)cc1. The molecule has 0 aromatic heterocycles. The molecule has 0 spiro atoms. The number of fused-ring (bicyclic) bond motifs is 1. The maximum atomic E-state index is 5.51. The van der Waals surface area contributed by atoms with Gasteiger partial charge in [0.15, 0.2) is 11.5 Å². The minimum atomic E-state index is 0.322. The molecule has 0 saturated heterocycles. The molecule has 3 nitrogen and oxygen atoms in total. The Morgan fingerprint density at radius 2 is 1.81 bits per heavy atom. The van der Waals surface area contributed by atoms with Crippen LogP contribution in [0.3, 0.4) is 0 Å². The predicted molar refractivity (Wildman–Crippen MR) is 83.6 cm³/mol. The van der Waals surface area contributed by atoms with Crippen LogP contribution in [0.2, 0.25) is 0 Å². The second-order valence-electron chi connectivity index (χ2n) is 5.65. The van der Waals surface area contributed by atoms with Crippen molar-refractivity contribution in [2.45, 2.75) is 32.9 Å². The van der Waals surface area contributed by atoms with E-state index in [4.69, 9.17) is 9.47 Å². The third-order valence-corrected chi connectivity index (χ3v) is 3.77. The second-order valence-corrected chi connectivity index (χ2v) is 5.65. The van der Waals surface area contributed by atoms with Gasteiger partial charge < -0.3 is 14.8 Å². The quantitative estimate of drug-likeness (QED) is 0.904. The fourth-order valence-corrected chi connectivity index (χ4v) is 2.49. The van der Waals surface area contributed by atoms with Crippen LogP contribution in [0.1, 0.15) is 36.5 Å². The molecule has 1 aliphatic heterocycles. The third-order valence-electron chi connectivity index (χ3n) is 3.77. The Hall–Kier alpha value is -2.00. The van der Waals surface area contributed by atoms with E-state index < -0.39 is 0 Å². The van der Waals surface area contributed by atoms with Gasteiger partial charge in [-0.2, -0.15) is 0 Å². The van der Waals surface area contributed by atoms with Gasteiger partial charge in [-0.3, -0.25) is 0 Å². The topological polar surface area (TPSA) is 30.5 Å². The van der Waals surface area contributed by atoms with Crippen LogP contribution in [0.5, 0.6) is 11.5 Å². The number of nitrogens with one attached hydrogen (secondary N) is 1. The van der Waals surface area contributed by atoms with Crippen molar-refractivity contribution in [3.8, 4) is 11.5 Å². The Morgan fingerprint density at radius 3 is 2.57 bits per heavy atom. The van der Waals surface area contributed by atoms with Crippen molar-refractivity contribution in [1.29, 1.82) is 0 Å². The van der Waals surface area contributed by atoms with E-state index in [0.717, 1.165) is 30.2 Å². The minimum Gasteiger partial charge on any atom is -0.454 e. The lowest BCUT2D eigenvalue weighted by Crippen LogP contribution is -2.13. The lowest BCUT2D eigenvalue weighted by atomic mass is 10.0. The fourth-order valence-electron chi connectivity index (χ4n) is 2.49. The molecule has 1 aliphatic rings. The second kappa shape index (κ2) is 6.19. The Kier molecular flexibility index (Phi) is 4.11. The highest BCUT2D eigenvalue weighted by Gasteiger charge is 2.16. The predicted octanol–water partition coefficient (Wildman–Crippen LogP) is 3.83. The maximum absolute atomic E-state index is 5.51. The summed E-state index contributed by atoms with van der Waals surface area (Å²) in [6, 6.07) is 14.8. The molecule has 0 radical (unpaired) electrons. The molecule has 0 saturated carbocycles. The van der Waals surface area contributed by atoms with E-state index in [2.05, 4.69) is 49.5 Å². The van der Waals surface area contributed by atoms with Gasteiger partial charge >= 0.3 is 0 Å². The molecule has 0 fully saturated rings. The van der Waals surface area contributed by atoms with E-state index in [9.17, 15) is 0 Å². The van der Waals surface area contributed by atoms with E-state index >= 15 is 0 Å². The molecule has 21 heavy (non-hydrogen) atoms. The van der Waals surface area contributed by atoms with Gasteiger partial charge in [0.25, 0.3) is 0 Å². The van der Waals surface area contributed by atoms with E-state index in [0.29, 0.717) is 12.7 Å². The molecular formula is C18H21NO2. The molecule has 0 unspecified atom stereocenters. The van der Waals surface area contributed by atoms with Crippen LogP contribution in [0, 0.1) is 0 Å². The van der Waals surface area contributed by atoms with Crippen LogP contribution in [0.15, 0.2) is 42.5 Å². The zero-order valence-electron chi connectivity index (χ0n) is 12.6. The summed E-state index contributed by atoms with van der Waals surface area (Å²) in [4.78, 5) is 0. The number of benzene rings is 2. The van der Waals surface area contributed by atoms with Crippen molar-refractivity contribution in [2.75, 3.05) is 6.79 Å². The highest BCUT2D eigenvalue weighted by molar-refractivity contribution is 5.48. The number of hydrogen-bond donors (Lipinski definition) is 1. The van der Waals surface area contributed by atoms with Crippen molar-refractivity contribution in [3.05, 3.63) is 59.2 Å². The molecular weight excluding hydrogens is 262 g/mol. The van der Waals surface area contributed by atoms with E-state index in [-0.39, 0.29) is 0 Å². The van der Waals surface area contributed by atoms with Crippen LogP contribution in [-0.2, 0) is 13.1 Å². The fraction of sp³-hybridized carbons (Fsp3) is 0.333. The zero-order chi connectivity index (χ0) is 14.7. The standard InChI is InChI=1S/C18H21NO2/c1-13(2)15-8-6-14(7-9-15)10-19-11-16-4-3-5-17-18(16)21-12-20-17/h3-9,13,19H,10-12H2,1-2H3. The molecule has 0 bridgehead atoms. The Balaban J connectivity index is 1.58. The smallest absolute Gasteiger partial charge is 0.231 e. The average molecular weight is 283 g/mol. The highest BCUT2D eigenvalue weighted by Crippen LogP contribution is 2.35. The Morgan fingerprint density at radius 1 is 1.00 bits per heavy atom. The third kappa shape index (κ3) is 3.19. The van der Waals surface area contributed by atoms with Gasteiger partial charge in [-0.15, -0.1) is 0 Å². The zero-order valence-corrected chi connectivity index (χ0v) is 12.6. The lowest BCUT2D eigenvalue weighted by Gasteiger charge is -2.09. The molecule has 1 heterocycles. The first-order chi connectivity index (χ1) is 10.2. The van der Waals surface area contributed by atoms with Gasteiger partial charge in [0.05, 0.1) is 0 Å². The molecule has 2 aromatic rings. The summed E-state index contributed by atoms with van der Waals surface area (Å²) in [6.07, 6.45) is 0. The summed E-state index contributed by atoms with van der Waals surface area (Å²) in [5.41, 5.74) is 3.82. The number of hydrogen-bond acceptors (Lipinski definition) is 3. The first kappa shape index (κ1) is 14.0. The van der Waals surface area contributed by atoms with Crippen LogP contribution < -0.4 is 14.8 Å². The molecule has 1 N–H and O–H groups in total. The monoisotopic (exact) mass is 283 g/mol. The van der Waals surface area contributed by atoms with Crippen molar-refractivity contribution < 1.29 is 9.47 Å². The summed E-state index contributed by atoms with van der Waals surface area (Å²) in [6.45, 7) is 6.38. The summed E-state index contributed by atoms with van der Waals surface area (Å²) in [5, 5.41) is 3.46. The van der Waals surface area contributed by atoms with E-state index in [1.165, 1.54) is 11.1 Å². The van der Waals surface area contributed by atoms with Crippen molar-refractivity contribution in [3.63, 3.8) is 0 Å². The maximum Gasteiger partial charge on any atom is 0.231 e. The molecule has 0 aliphatic carbocycles. The summed E-state index contributed by atoms with van der Waals surface area (Å²) in [5.74, 6) is 2.30. The summed E-state index contributed by atoms with van der Waals surface area (Å²) < 4.78 is 10.9. The Bertz CT molecular complexity index is 605. The van der Waals surface area contributed by atoms with Crippen molar-refractivity contribution in [2.24, 2.45) is 0 Å². The van der Waals surface area contributed by atoms with Gasteiger partial charge in [0, 0.05) is 18.7 Å². The van der Waals surface area contributed by atoms with Gasteiger partial charge in [0.2, 0.25) is 6.79 Å². The molecule has 0 atom stereocenters. The minimum absolute atomic E-state index is 0.322. The van der Waals surface area contributed by atoms with Crippen LogP contribution in [-0.4, -0.2) is 6.79 Å². The van der Waals surface area contributed by atoms with Crippen LogP contribution in [0.4, 0.5) is 0 Å². The summed E-state index contributed by atoms with van der Waals surface area (Å²) >= 11 is 0. The van der Waals surface area contributed by atoms with E-state index in [1.807, 2.05) is 12.1 Å². The number of ether oxygens (including phenoxy) is 2. The van der Waals surface area contributed by atoms with Crippen LogP contribution in [0.25, 0.3) is 0 Å². The van der Waals surface area contributed by atoms with E-state index in [1.54, 1.807) is 0 Å². The average Bonchev–Trinajstić information content (AvgIpc) is 2.97. The van der Waals surface area contributed by atoms with Gasteiger partial charge in [-0.25, -0.2) is 0 Å². The van der Waals surface area contributed by atoms with Gasteiger partial charge in [0.1, 0.15) is 0 Å². The molecule has 3 rings (SSSR count). The highest BCUT2D eigenvalue weighted by atomic mass is 16.7. The Labute approximate surface area is 125 Å². The largest absolute Gasteiger partial charge is 0.454 e. The van der Waals surface area contributed by atoms with Gasteiger partial charge in [-0.05, 0) is 23.1 Å². The summed E-state index contributed by atoms with van der Waals surface area (Å²) in [7, 11) is 0. The first-order valence-corrected chi connectivity index (χ1v) is 7.41. The molecule has 2 aromatic carbocycles. The molecule has 3 heteroatoms. The normalized spacial score (nSPS) is 12.9. The number of para-hydroxylation sites is 1. The first-order valence-electron chi connectivity index (χ1n) is 7.41. The molecule has 110 valence electrons.